The largest absolute Gasteiger partial charge is 0.283 e. The zero-order valence-corrected chi connectivity index (χ0v) is 14.7. The van der Waals surface area contributed by atoms with Gasteiger partial charge in [0.05, 0.1) is 17.3 Å². The number of hydrogen-bond acceptors (Lipinski definition) is 3. The van der Waals surface area contributed by atoms with E-state index in [9.17, 15) is 14.4 Å². The van der Waals surface area contributed by atoms with E-state index in [0.29, 0.717) is 33.6 Å². The van der Waals surface area contributed by atoms with Gasteiger partial charge in [-0.1, -0.05) is 24.3 Å². The highest BCUT2D eigenvalue weighted by Gasteiger charge is 2.14. The first-order valence-electron chi connectivity index (χ1n) is 8.61. The van der Waals surface area contributed by atoms with E-state index in [2.05, 4.69) is 11.1 Å². The average molecular weight is 367 g/mol. The van der Waals surface area contributed by atoms with Crippen molar-refractivity contribution in [1.29, 1.82) is 5.26 Å². The number of benzene rings is 2. The predicted molar refractivity (Wildman–Crippen MR) is 105 cm³/mol. The summed E-state index contributed by atoms with van der Waals surface area (Å²) in [5.74, 6) is -0.382. The van der Waals surface area contributed by atoms with Crippen LogP contribution in [0.15, 0.2) is 90.0 Å². The third-order valence-corrected chi connectivity index (χ3v) is 4.42. The quantitative estimate of drug-likeness (QED) is 0.533. The lowest BCUT2D eigenvalue weighted by atomic mass is 9.99. The van der Waals surface area contributed by atoms with Gasteiger partial charge in [0.15, 0.2) is 0 Å². The molecule has 0 amide bonds. The normalized spacial score (nSPS) is 10.4. The van der Waals surface area contributed by atoms with Crippen LogP contribution in [-0.2, 0) is 0 Å². The Bertz CT molecular complexity index is 1240. The molecule has 0 radical (unpaired) electrons. The van der Waals surface area contributed by atoms with E-state index >= 15 is 0 Å². The van der Waals surface area contributed by atoms with E-state index in [1.807, 2.05) is 18.2 Å². The number of nitrogens with zero attached hydrogens (tertiary/aromatic N) is 3. The molecular weight excluding hydrogens is 353 g/mol. The van der Waals surface area contributed by atoms with Gasteiger partial charge in [0.1, 0.15) is 5.82 Å². The van der Waals surface area contributed by atoms with Gasteiger partial charge in [0, 0.05) is 34.8 Å². The maximum absolute atomic E-state index is 13.4. The number of aromatic nitrogens is 2. The molecule has 0 aliphatic heterocycles. The van der Waals surface area contributed by atoms with Crippen LogP contribution >= 0.6 is 0 Å². The van der Waals surface area contributed by atoms with Crippen molar-refractivity contribution in [2.75, 3.05) is 0 Å². The number of rotatable bonds is 3. The molecule has 2 heterocycles. The summed E-state index contributed by atoms with van der Waals surface area (Å²) >= 11 is 0. The fourth-order valence-corrected chi connectivity index (χ4v) is 3.06. The molecule has 134 valence electrons. The van der Waals surface area contributed by atoms with Crippen LogP contribution in [0.5, 0.6) is 0 Å². The van der Waals surface area contributed by atoms with Gasteiger partial charge in [-0.15, -0.1) is 0 Å². The second-order valence-electron chi connectivity index (χ2n) is 6.17. The molecule has 4 nitrogen and oxygen atoms in total. The maximum Gasteiger partial charge on any atom is 0.263 e. The fraction of sp³-hybridized carbons (Fsp3) is 0. The maximum atomic E-state index is 13.4. The van der Waals surface area contributed by atoms with Gasteiger partial charge in [-0.05, 0) is 48.5 Å². The molecule has 4 rings (SSSR count). The van der Waals surface area contributed by atoms with Crippen molar-refractivity contribution in [3.8, 4) is 34.1 Å². The first kappa shape index (κ1) is 17.4. The predicted octanol–water partition coefficient (Wildman–Crippen LogP) is 4.58. The highest BCUT2D eigenvalue weighted by Crippen LogP contribution is 2.26. The second kappa shape index (κ2) is 7.29. The molecule has 0 atom stereocenters. The van der Waals surface area contributed by atoms with Crippen LogP contribution in [-0.4, -0.2) is 9.55 Å². The van der Waals surface area contributed by atoms with Gasteiger partial charge in [-0.2, -0.15) is 5.26 Å². The molecule has 28 heavy (non-hydrogen) atoms. The van der Waals surface area contributed by atoms with Crippen molar-refractivity contribution in [3.05, 3.63) is 107 Å². The summed E-state index contributed by atoms with van der Waals surface area (Å²) < 4.78 is 14.8. The van der Waals surface area contributed by atoms with Crippen LogP contribution in [0.3, 0.4) is 0 Å². The molecule has 0 saturated carbocycles. The zero-order chi connectivity index (χ0) is 19.5. The summed E-state index contributed by atoms with van der Waals surface area (Å²) in [6.45, 7) is 0. The summed E-state index contributed by atoms with van der Waals surface area (Å²) in [6.07, 6.45) is 3.35. The lowest BCUT2D eigenvalue weighted by Gasteiger charge is -2.13. The number of pyridine rings is 2. The van der Waals surface area contributed by atoms with Crippen molar-refractivity contribution in [2.24, 2.45) is 0 Å². The lowest BCUT2D eigenvalue weighted by Crippen LogP contribution is -2.20. The van der Waals surface area contributed by atoms with Crippen molar-refractivity contribution in [3.63, 3.8) is 0 Å². The molecule has 5 heteroatoms. The number of nitriles is 1. The first-order valence-corrected chi connectivity index (χ1v) is 8.61. The molecular formula is C23H14FN3O. The minimum absolute atomic E-state index is 0.297. The van der Waals surface area contributed by atoms with Gasteiger partial charge in [-0.3, -0.25) is 14.3 Å². The fourth-order valence-electron chi connectivity index (χ4n) is 3.06. The molecule has 0 aliphatic rings. The van der Waals surface area contributed by atoms with Crippen LogP contribution in [0, 0.1) is 17.1 Å². The Morgan fingerprint density at radius 3 is 2.39 bits per heavy atom. The summed E-state index contributed by atoms with van der Waals surface area (Å²) in [5.41, 5.74) is 2.96. The summed E-state index contributed by atoms with van der Waals surface area (Å²) in [4.78, 5) is 17.6. The van der Waals surface area contributed by atoms with E-state index in [4.69, 9.17) is 0 Å². The van der Waals surface area contributed by atoms with Crippen LogP contribution in [0.1, 0.15) is 5.56 Å². The first-order chi connectivity index (χ1) is 13.7. The van der Waals surface area contributed by atoms with Crippen molar-refractivity contribution in [2.45, 2.75) is 0 Å². The van der Waals surface area contributed by atoms with Crippen molar-refractivity contribution in [1.82, 2.24) is 9.55 Å². The van der Waals surface area contributed by atoms with E-state index < -0.39 is 0 Å². The van der Waals surface area contributed by atoms with E-state index in [-0.39, 0.29) is 11.4 Å². The Kier molecular flexibility index (Phi) is 4.53. The summed E-state index contributed by atoms with van der Waals surface area (Å²) in [6, 6.07) is 22.0. The Labute approximate surface area is 160 Å². The summed E-state index contributed by atoms with van der Waals surface area (Å²) in [5, 5.41) is 9.46. The van der Waals surface area contributed by atoms with Crippen LogP contribution in [0.25, 0.3) is 28.1 Å². The molecule has 0 aliphatic carbocycles. The third kappa shape index (κ3) is 3.19. The molecule has 0 fully saturated rings. The molecule has 2 aromatic carbocycles. The van der Waals surface area contributed by atoms with Gasteiger partial charge < -0.3 is 0 Å². The van der Waals surface area contributed by atoms with Crippen LogP contribution < -0.4 is 5.56 Å². The van der Waals surface area contributed by atoms with Gasteiger partial charge in [-0.25, -0.2) is 4.39 Å². The van der Waals surface area contributed by atoms with E-state index in [0.717, 1.165) is 0 Å². The topological polar surface area (TPSA) is 58.7 Å². The highest BCUT2D eigenvalue weighted by atomic mass is 19.1. The molecule has 0 N–H and O–H groups in total. The minimum atomic E-state index is -0.382. The van der Waals surface area contributed by atoms with Gasteiger partial charge >= 0.3 is 0 Å². The van der Waals surface area contributed by atoms with E-state index in [1.54, 1.807) is 54.9 Å². The SMILES string of the molecule is N#Cc1ccccc1-c1cc(-c2ccccn2)cn(-c2ccc(F)cc2)c1=O. The number of halogens is 1. The Morgan fingerprint density at radius 1 is 0.929 bits per heavy atom. The second-order valence-corrected chi connectivity index (χ2v) is 6.17. The Morgan fingerprint density at radius 2 is 1.68 bits per heavy atom. The average Bonchev–Trinajstić information content (AvgIpc) is 2.75. The molecule has 0 saturated heterocycles. The Hall–Kier alpha value is -4.04. The van der Waals surface area contributed by atoms with Crippen molar-refractivity contribution >= 4 is 0 Å². The lowest BCUT2D eigenvalue weighted by molar-refractivity contribution is 0.627. The van der Waals surface area contributed by atoms with Gasteiger partial charge in [0.25, 0.3) is 5.56 Å². The van der Waals surface area contributed by atoms with Crippen molar-refractivity contribution < 1.29 is 4.39 Å². The Balaban J connectivity index is 2.03. The van der Waals surface area contributed by atoms with Crippen LogP contribution in [0.2, 0.25) is 0 Å². The molecule has 0 bridgehead atoms. The molecule has 4 aromatic rings. The van der Waals surface area contributed by atoms with Crippen LogP contribution in [0.4, 0.5) is 4.39 Å². The minimum Gasteiger partial charge on any atom is -0.283 e. The number of hydrogen-bond donors (Lipinski definition) is 0. The summed E-state index contributed by atoms with van der Waals surface area (Å²) in [7, 11) is 0. The third-order valence-electron chi connectivity index (χ3n) is 4.42. The molecule has 2 aromatic heterocycles. The monoisotopic (exact) mass is 367 g/mol. The smallest absolute Gasteiger partial charge is 0.263 e. The van der Waals surface area contributed by atoms with E-state index in [1.165, 1.54) is 16.7 Å². The standard InChI is InChI=1S/C23H14FN3O/c24-18-8-10-19(11-9-18)27-15-17(22-7-3-4-12-26-22)13-21(23(27)28)20-6-2-1-5-16(20)14-25/h1-13,15H. The molecule has 0 spiro atoms. The highest BCUT2D eigenvalue weighted by molar-refractivity contribution is 5.74. The zero-order valence-electron chi connectivity index (χ0n) is 14.7. The molecule has 0 unspecified atom stereocenters. The van der Waals surface area contributed by atoms with Gasteiger partial charge in [0.2, 0.25) is 0 Å².